The molecule has 1 N–H and O–H groups in total. The molecule has 5 heteroatoms. The first-order valence-corrected chi connectivity index (χ1v) is 6.23. The van der Waals surface area contributed by atoms with Crippen LogP contribution in [0.15, 0.2) is 36.4 Å². The van der Waals surface area contributed by atoms with Crippen LogP contribution in [0, 0.1) is 13.8 Å². The molecule has 20 heavy (non-hydrogen) atoms. The highest BCUT2D eigenvalue weighted by Gasteiger charge is 2.13. The van der Waals surface area contributed by atoms with Gasteiger partial charge in [-0.15, -0.1) is 0 Å². The minimum atomic E-state index is -1.04. The summed E-state index contributed by atoms with van der Waals surface area (Å²) < 4.78 is 1.68. The Labute approximate surface area is 115 Å². The van der Waals surface area contributed by atoms with E-state index in [-0.39, 0.29) is 5.69 Å². The molecule has 3 aromatic rings. The van der Waals surface area contributed by atoms with Gasteiger partial charge in [0.25, 0.3) is 0 Å². The molecule has 2 heterocycles. The van der Waals surface area contributed by atoms with Crippen molar-refractivity contribution < 1.29 is 9.90 Å². The zero-order valence-electron chi connectivity index (χ0n) is 11.2. The summed E-state index contributed by atoms with van der Waals surface area (Å²) in [6.45, 7) is 3.88. The third-order valence-electron chi connectivity index (χ3n) is 3.18. The van der Waals surface area contributed by atoms with Gasteiger partial charge < -0.3 is 5.11 Å². The highest BCUT2D eigenvalue weighted by molar-refractivity contribution is 5.89. The van der Waals surface area contributed by atoms with E-state index in [1.54, 1.807) is 10.7 Å². The second-order valence-electron chi connectivity index (χ2n) is 4.71. The summed E-state index contributed by atoms with van der Waals surface area (Å²) in [6, 6.07) is 11.1. The number of carbonyl (C=O) groups is 1. The fraction of sp³-hybridized carbons (Fsp3) is 0.133. The Morgan fingerprint density at radius 1 is 1.20 bits per heavy atom. The van der Waals surface area contributed by atoms with Gasteiger partial charge in [-0.1, -0.05) is 12.1 Å². The lowest BCUT2D eigenvalue weighted by Gasteiger charge is -2.04. The quantitative estimate of drug-likeness (QED) is 0.775. The predicted octanol–water partition coefficient (Wildman–Crippen LogP) is 2.74. The van der Waals surface area contributed by atoms with E-state index < -0.39 is 5.97 Å². The molecule has 0 radical (unpaired) electrons. The van der Waals surface area contributed by atoms with Crippen molar-refractivity contribution in [2.75, 3.05) is 0 Å². The molecule has 2 aromatic heterocycles. The molecule has 1 aromatic carbocycles. The topological polar surface area (TPSA) is 68.0 Å². The number of aromatic nitrogens is 3. The van der Waals surface area contributed by atoms with Crippen LogP contribution in [0.25, 0.3) is 16.7 Å². The fourth-order valence-electron chi connectivity index (χ4n) is 2.20. The summed E-state index contributed by atoms with van der Waals surface area (Å²) in [7, 11) is 0. The van der Waals surface area contributed by atoms with E-state index in [1.165, 1.54) is 6.07 Å². The van der Waals surface area contributed by atoms with Crippen molar-refractivity contribution in [3.63, 3.8) is 0 Å². The van der Waals surface area contributed by atoms with E-state index in [9.17, 15) is 4.79 Å². The Bertz CT molecular complexity index is 821. The van der Waals surface area contributed by atoms with Crippen molar-refractivity contribution in [2.45, 2.75) is 13.8 Å². The fourth-order valence-corrected chi connectivity index (χ4v) is 2.20. The van der Waals surface area contributed by atoms with Crippen molar-refractivity contribution in [2.24, 2.45) is 0 Å². The normalized spacial score (nSPS) is 10.9. The third kappa shape index (κ3) is 1.93. The number of nitrogens with zero attached hydrogens (tertiary/aromatic N) is 3. The predicted molar refractivity (Wildman–Crippen MR) is 75.3 cm³/mol. The first-order chi connectivity index (χ1) is 9.56. The van der Waals surface area contributed by atoms with Crippen molar-refractivity contribution >= 4 is 17.0 Å². The van der Waals surface area contributed by atoms with Crippen LogP contribution < -0.4 is 0 Å². The van der Waals surface area contributed by atoms with Crippen LogP contribution >= 0.6 is 0 Å². The first-order valence-electron chi connectivity index (χ1n) is 6.23. The van der Waals surface area contributed by atoms with Gasteiger partial charge in [0.15, 0.2) is 11.3 Å². The highest BCUT2D eigenvalue weighted by atomic mass is 16.4. The Kier molecular flexibility index (Phi) is 2.75. The Morgan fingerprint density at radius 2 is 2.00 bits per heavy atom. The molecule has 3 rings (SSSR count). The highest BCUT2D eigenvalue weighted by Crippen LogP contribution is 2.21. The zero-order valence-corrected chi connectivity index (χ0v) is 11.2. The van der Waals surface area contributed by atoms with Gasteiger partial charge in [0.05, 0.1) is 11.4 Å². The van der Waals surface area contributed by atoms with Gasteiger partial charge in [0.1, 0.15) is 0 Å². The number of rotatable bonds is 2. The van der Waals surface area contributed by atoms with Gasteiger partial charge in [-0.25, -0.2) is 14.5 Å². The van der Waals surface area contributed by atoms with Gasteiger partial charge in [-0.2, -0.15) is 5.10 Å². The number of carboxylic acids is 1. The standard InChI is InChI=1S/C15H13N3O2/c1-9-4-3-5-11(8-9)18-14-12(10(2)17-18)6-7-13(16-14)15(19)20/h3-8H,1-2H3,(H,19,20). The largest absolute Gasteiger partial charge is 0.477 e. The van der Waals surface area contributed by atoms with Crippen LogP contribution in [0.3, 0.4) is 0 Å². The molecule has 0 spiro atoms. The molecule has 5 nitrogen and oxygen atoms in total. The van der Waals surface area contributed by atoms with E-state index in [0.29, 0.717) is 5.65 Å². The SMILES string of the molecule is Cc1cccc(-n2nc(C)c3ccc(C(=O)O)nc32)c1. The van der Waals surface area contributed by atoms with Gasteiger partial charge >= 0.3 is 5.97 Å². The van der Waals surface area contributed by atoms with Crippen molar-refractivity contribution in [1.29, 1.82) is 0 Å². The number of fused-ring (bicyclic) bond motifs is 1. The molecule has 0 amide bonds. The van der Waals surface area contributed by atoms with E-state index in [2.05, 4.69) is 10.1 Å². The average Bonchev–Trinajstić information content (AvgIpc) is 2.76. The molecule has 0 atom stereocenters. The van der Waals surface area contributed by atoms with Crippen molar-refractivity contribution in [1.82, 2.24) is 14.8 Å². The van der Waals surface area contributed by atoms with E-state index in [1.807, 2.05) is 38.1 Å². The number of carboxylic acid groups (broad SMARTS) is 1. The first kappa shape index (κ1) is 12.3. The number of benzene rings is 1. The van der Waals surface area contributed by atoms with Crippen LogP contribution in [0.1, 0.15) is 21.7 Å². The number of aromatic carboxylic acids is 1. The number of hydrogen-bond donors (Lipinski definition) is 1. The number of pyridine rings is 1. The molecule has 0 aliphatic rings. The van der Waals surface area contributed by atoms with Crippen LogP contribution in [0.2, 0.25) is 0 Å². The van der Waals surface area contributed by atoms with Crippen molar-refractivity contribution in [3.05, 3.63) is 53.3 Å². The van der Waals surface area contributed by atoms with E-state index in [0.717, 1.165) is 22.3 Å². The second kappa shape index (κ2) is 4.45. The van der Waals surface area contributed by atoms with Gasteiger partial charge in [0, 0.05) is 5.39 Å². The van der Waals surface area contributed by atoms with Gasteiger partial charge in [0.2, 0.25) is 0 Å². The number of aryl methyl sites for hydroxylation is 2. The van der Waals surface area contributed by atoms with E-state index in [4.69, 9.17) is 5.11 Å². The molecule has 100 valence electrons. The summed E-state index contributed by atoms with van der Waals surface area (Å²) in [6.07, 6.45) is 0. The molecule has 0 saturated heterocycles. The van der Waals surface area contributed by atoms with E-state index >= 15 is 0 Å². The molecule has 0 bridgehead atoms. The Morgan fingerprint density at radius 3 is 2.70 bits per heavy atom. The minimum absolute atomic E-state index is 0.0197. The van der Waals surface area contributed by atoms with Gasteiger partial charge in [-0.3, -0.25) is 0 Å². The molecular formula is C15H13N3O2. The van der Waals surface area contributed by atoms with Crippen LogP contribution in [-0.4, -0.2) is 25.8 Å². The van der Waals surface area contributed by atoms with Gasteiger partial charge in [-0.05, 0) is 43.7 Å². The monoisotopic (exact) mass is 267 g/mol. The molecule has 0 aliphatic heterocycles. The maximum absolute atomic E-state index is 11.1. The second-order valence-corrected chi connectivity index (χ2v) is 4.71. The Hall–Kier alpha value is -2.69. The van der Waals surface area contributed by atoms with Crippen molar-refractivity contribution in [3.8, 4) is 5.69 Å². The van der Waals surface area contributed by atoms with Crippen LogP contribution in [0.4, 0.5) is 0 Å². The summed E-state index contributed by atoms with van der Waals surface area (Å²) in [5.41, 5.74) is 3.39. The average molecular weight is 267 g/mol. The zero-order chi connectivity index (χ0) is 14.3. The molecule has 0 saturated carbocycles. The summed E-state index contributed by atoms with van der Waals surface area (Å²) in [4.78, 5) is 15.3. The summed E-state index contributed by atoms with van der Waals surface area (Å²) in [5, 5.41) is 14.4. The summed E-state index contributed by atoms with van der Waals surface area (Å²) in [5.74, 6) is -1.04. The maximum atomic E-state index is 11.1. The minimum Gasteiger partial charge on any atom is -0.477 e. The summed E-state index contributed by atoms with van der Waals surface area (Å²) >= 11 is 0. The maximum Gasteiger partial charge on any atom is 0.354 e. The Balaban J connectivity index is 2.30. The molecule has 0 unspecified atom stereocenters. The molecular weight excluding hydrogens is 254 g/mol. The molecule has 0 fully saturated rings. The lowest BCUT2D eigenvalue weighted by molar-refractivity contribution is 0.0691. The third-order valence-corrected chi connectivity index (χ3v) is 3.18. The lowest BCUT2D eigenvalue weighted by Crippen LogP contribution is -2.03. The number of hydrogen-bond acceptors (Lipinski definition) is 3. The van der Waals surface area contributed by atoms with Crippen LogP contribution in [-0.2, 0) is 0 Å². The van der Waals surface area contributed by atoms with Crippen LogP contribution in [0.5, 0.6) is 0 Å². The lowest BCUT2D eigenvalue weighted by atomic mass is 10.2. The smallest absolute Gasteiger partial charge is 0.354 e. The molecule has 0 aliphatic carbocycles.